The van der Waals surface area contributed by atoms with Gasteiger partial charge in [0.2, 0.25) is 0 Å². The highest BCUT2D eigenvalue weighted by molar-refractivity contribution is 5.92. The first kappa shape index (κ1) is 13.6. The Bertz CT molecular complexity index is 767. The molecule has 112 valence electrons. The zero-order valence-corrected chi connectivity index (χ0v) is 13.4. The van der Waals surface area contributed by atoms with Crippen molar-refractivity contribution in [1.29, 1.82) is 0 Å². The predicted molar refractivity (Wildman–Crippen MR) is 94.8 cm³/mol. The molecule has 2 atom stereocenters. The van der Waals surface area contributed by atoms with Crippen LogP contribution in [0.15, 0.2) is 54.2 Å². The Balaban J connectivity index is 1.79. The second-order valence-corrected chi connectivity index (χ2v) is 6.91. The van der Waals surface area contributed by atoms with E-state index in [1.165, 1.54) is 35.6 Å². The maximum absolute atomic E-state index is 2.46. The zero-order valence-electron chi connectivity index (χ0n) is 13.4. The molecule has 4 rings (SSSR count). The molecule has 1 nitrogen and oxygen atoms in total. The Hall–Kier alpha value is -2.02. The van der Waals surface area contributed by atoms with Gasteiger partial charge in [0, 0.05) is 14.1 Å². The number of fused-ring (bicyclic) bond motifs is 5. The summed E-state index contributed by atoms with van der Waals surface area (Å²) in [6, 6.07) is 13.4. The second kappa shape index (κ2) is 5.31. The molecule has 2 aromatic rings. The summed E-state index contributed by atoms with van der Waals surface area (Å²) < 4.78 is 0. The largest absolute Gasteiger partial charge is 0.384 e. The molecule has 1 saturated carbocycles. The Morgan fingerprint density at radius 1 is 1.09 bits per heavy atom. The molecule has 0 saturated heterocycles. The summed E-state index contributed by atoms with van der Waals surface area (Å²) in [5.74, 6) is 1.37. The third-order valence-electron chi connectivity index (χ3n) is 5.15. The van der Waals surface area contributed by atoms with Crippen molar-refractivity contribution in [3.05, 3.63) is 65.4 Å². The van der Waals surface area contributed by atoms with E-state index < -0.39 is 0 Å². The SMILES string of the molecule is CN(C)/C=C1/CCC2C=Cc3c(ccc4ccccc34)C2C1. The lowest BCUT2D eigenvalue weighted by atomic mass is 9.69. The molecule has 0 amide bonds. The monoisotopic (exact) mass is 289 g/mol. The highest BCUT2D eigenvalue weighted by atomic mass is 15.0. The average molecular weight is 289 g/mol. The van der Waals surface area contributed by atoms with E-state index in [2.05, 4.69) is 73.7 Å². The third kappa shape index (κ3) is 2.25. The molecule has 1 fully saturated rings. The van der Waals surface area contributed by atoms with Crippen LogP contribution in [0.5, 0.6) is 0 Å². The standard InChI is InChI=1S/C21H23N/c1-22(2)14-15-7-8-17-10-11-19-18-6-4-3-5-16(18)9-12-20(19)21(17)13-15/h3-6,9-12,14,17,21H,7-8,13H2,1-2H3/b15-14-. The lowest BCUT2D eigenvalue weighted by Crippen LogP contribution is -2.21. The van der Waals surface area contributed by atoms with E-state index >= 15 is 0 Å². The fourth-order valence-electron chi connectivity index (χ4n) is 4.18. The van der Waals surface area contributed by atoms with Gasteiger partial charge in [-0.1, -0.05) is 54.1 Å². The summed E-state index contributed by atoms with van der Waals surface area (Å²) in [6.07, 6.45) is 10.9. The number of rotatable bonds is 1. The van der Waals surface area contributed by atoms with E-state index in [-0.39, 0.29) is 0 Å². The van der Waals surface area contributed by atoms with E-state index in [9.17, 15) is 0 Å². The molecular formula is C21H23N. The molecule has 2 unspecified atom stereocenters. The van der Waals surface area contributed by atoms with Gasteiger partial charge in [0.05, 0.1) is 0 Å². The molecule has 0 heterocycles. The van der Waals surface area contributed by atoms with Crippen LogP contribution in [0, 0.1) is 5.92 Å². The van der Waals surface area contributed by atoms with Crippen molar-refractivity contribution in [1.82, 2.24) is 4.90 Å². The zero-order chi connectivity index (χ0) is 15.1. The van der Waals surface area contributed by atoms with Crippen molar-refractivity contribution < 1.29 is 0 Å². The van der Waals surface area contributed by atoms with E-state index in [1.54, 1.807) is 11.1 Å². The number of allylic oxidation sites excluding steroid dienone is 2. The molecule has 2 aliphatic rings. The van der Waals surface area contributed by atoms with Crippen molar-refractivity contribution in [2.24, 2.45) is 5.92 Å². The molecular weight excluding hydrogens is 266 g/mol. The Morgan fingerprint density at radius 2 is 1.95 bits per heavy atom. The van der Waals surface area contributed by atoms with Crippen LogP contribution in [0.2, 0.25) is 0 Å². The summed E-state index contributed by atoms with van der Waals surface area (Å²) >= 11 is 0. The van der Waals surface area contributed by atoms with Gasteiger partial charge in [-0.2, -0.15) is 0 Å². The summed E-state index contributed by atoms with van der Waals surface area (Å²) in [6.45, 7) is 0. The highest BCUT2D eigenvalue weighted by Gasteiger charge is 2.31. The molecule has 2 aromatic carbocycles. The topological polar surface area (TPSA) is 3.24 Å². The fraction of sp³-hybridized carbons (Fsp3) is 0.333. The normalized spacial score (nSPS) is 25.1. The van der Waals surface area contributed by atoms with Crippen LogP contribution in [0.3, 0.4) is 0 Å². The van der Waals surface area contributed by atoms with Crippen LogP contribution in [-0.2, 0) is 0 Å². The van der Waals surface area contributed by atoms with Gasteiger partial charge in [-0.25, -0.2) is 0 Å². The summed E-state index contributed by atoms with van der Waals surface area (Å²) in [4.78, 5) is 2.19. The molecule has 1 heteroatoms. The van der Waals surface area contributed by atoms with Gasteiger partial charge in [0.15, 0.2) is 0 Å². The van der Waals surface area contributed by atoms with Crippen LogP contribution < -0.4 is 0 Å². The van der Waals surface area contributed by atoms with Crippen LogP contribution in [0.25, 0.3) is 16.8 Å². The summed E-state index contributed by atoms with van der Waals surface area (Å²) in [5.41, 5.74) is 4.60. The number of nitrogens with zero attached hydrogens (tertiary/aromatic N) is 1. The van der Waals surface area contributed by atoms with Crippen LogP contribution in [0.4, 0.5) is 0 Å². The number of hydrogen-bond donors (Lipinski definition) is 0. The molecule has 0 N–H and O–H groups in total. The molecule has 0 aliphatic heterocycles. The Labute approximate surface area is 132 Å². The Kier molecular flexibility index (Phi) is 3.29. The third-order valence-corrected chi connectivity index (χ3v) is 5.15. The first-order valence-corrected chi connectivity index (χ1v) is 8.28. The lowest BCUT2D eigenvalue weighted by molar-refractivity contribution is 0.409. The number of benzene rings is 2. The van der Waals surface area contributed by atoms with E-state index in [4.69, 9.17) is 0 Å². The molecule has 2 aliphatic carbocycles. The fourth-order valence-corrected chi connectivity index (χ4v) is 4.18. The average Bonchev–Trinajstić information content (AvgIpc) is 2.53. The Morgan fingerprint density at radius 3 is 2.82 bits per heavy atom. The van der Waals surface area contributed by atoms with Gasteiger partial charge >= 0.3 is 0 Å². The predicted octanol–water partition coefficient (Wildman–Crippen LogP) is 5.20. The van der Waals surface area contributed by atoms with E-state index in [0.717, 1.165) is 0 Å². The maximum Gasteiger partial charge on any atom is 0.00556 e. The molecule has 0 radical (unpaired) electrons. The molecule has 0 spiro atoms. The van der Waals surface area contributed by atoms with Crippen molar-refractivity contribution in [3.8, 4) is 0 Å². The summed E-state index contributed by atoms with van der Waals surface area (Å²) in [7, 11) is 4.25. The quantitative estimate of drug-likeness (QED) is 0.698. The van der Waals surface area contributed by atoms with Gasteiger partial charge in [-0.3, -0.25) is 0 Å². The van der Waals surface area contributed by atoms with Gasteiger partial charge in [0.1, 0.15) is 0 Å². The van der Waals surface area contributed by atoms with Gasteiger partial charge < -0.3 is 4.90 Å². The van der Waals surface area contributed by atoms with Crippen molar-refractivity contribution in [2.45, 2.75) is 25.2 Å². The van der Waals surface area contributed by atoms with Crippen molar-refractivity contribution in [2.75, 3.05) is 14.1 Å². The van der Waals surface area contributed by atoms with E-state index in [0.29, 0.717) is 11.8 Å². The lowest BCUT2D eigenvalue weighted by Gasteiger charge is -2.36. The minimum absolute atomic E-state index is 0.657. The molecule has 22 heavy (non-hydrogen) atoms. The minimum atomic E-state index is 0.657. The van der Waals surface area contributed by atoms with Crippen LogP contribution >= 0.6 is 0 Å². The molecule has 0 bridgehead atoms. The van der Waals surface area contributed by atoms with Gasteiger partial charge in [0.25, 0.3) is 0 Å². The van der Waals surface area contributed by atoms with Gasteiger partial charge in [-0.15, -0.1) is 0 Å². The van der Waals surface area contributed by atoms with Gasteiger partial charge in [-0.05, 0) is 59.2 Å². The van der Waals surface area contributed by atoms with E-state index in [1.807, 2.05) is 0 Å². The molecule has 0 aromatic heterocycles. The highest BCUT2D eigenvalue weighted by Crippen LogP contribution is 2.46. The smallest absolute Gasteiger partial charge is 0.00556 e. The maximum atomic E-state index is 2.46. The second-order valence-electron chi connectivity index (χ2n) is 6.91. The van der Waals surface area contributed by atoms with Crippen LogP contribution in [0.1, 0.15) is 36.3 Å². The van der Waals surface area contributed by atoms with Crippen LogP contribution in [-0.4, -0.2) is 19.0 Å². The summed E-state index contributed by atoms with van der Waals surface area (Å²) in [5, 5.41) is 2.75. The first-order chi connectivity index (χ1) is 10.7. The number of hydrogen-bond acceptors (Lipinski definition) is 1. The minimum Gasteiger partial charge on any atom is -0.384 e. The first-order valence-electron chi connectivity index (χ1n) is 8.28. The van der Waals surface area contributed by atoms with Crippen molar-refractivity contribution >= 4 is 16.8 Å². The van der Waals surface area contributed by atoms with Crippen molar-refractivity contribution in [3.63, 3.8) is 0 Å².